The number of halogens is 6. The molecule has 0 aliphatic carbocycles. The number of fused-ring (bicyclic) bond motifs is 3. The minimum absolute atomic E-state index is 0.0284. The molecule has 6 rings (SSSR count). The molecule has 0 saturated carbocycles. The molecule has 1 fully saturated rings. The van der Waals surface area contributed by atoms with E-state index in [2.05, 4.69) is 10.6 Å². The van der Waals surface area contributed by atoms with Crippen molar-refractivity contribution < 1.29 is 36.3 Å². The number of nitrogens with zero attached hydrogens (tertiary/aromatic N) is 1. The van der Waals surface area contributed by atoms with Gasteiger partial charge in [0.25, 0.3) is 11.8 Å². The van der Waals surface area contributed by atoms with E-state index in [0.717, 1.165) is 30.7 Å². The van der Waals surface area contributed by atoms with Crippen LogP contribution in [0, 0.1) is 11.6 Å². The van der Waals surface area contributed by atoms with Crippen molar-refractivity contribution in [3.05, 3.63) is 105 Å². The van der Waals surface area contributed by atoms with E-state index in [9.17, 15) is 31.5 Å². The molecule has 1 saturated heterocycles. The van der Waals surface area contributed by atoms with E-state index in [1.54, 1.807) is 6.07 Å². The van der Waals surface area contributed by atoms with E-state index in [0.29, 0.717) is 36.2 Å². The number of anilines is 1. The van der Waals surface area contributed by atoms with E-state index < -0.39 is 46.8 Å². The molecule has 2 aliphatic rings. The number of nitrogens with one attached hydrogen (secondary N) is 2. The molecule has 2 aliphatic heterocycles. The summed E-state index contributed by atoms with van der Waals surface area (Å²) in [5.74, 6) is -3.35. The third-order valence-electron chi connectivity index (χ3n) is 7.49. The van der Waals surface area contributed by atoms with Crippen LogP contribution in [0.4, 0.5) is 27.6 Å². The van der Waals surface area contributed by atoms with Crippen molar-refractivity contribution in [1.82, 2.24) is 10.3 Å². The average molecular weight is 602 g/mol. The molecule has 0 spiro atoms. The lowest BCUT2D eigenvalue weighted by molar-refractivity contribution is -0.137. The number of amides is 2. The molecule has 3 aromatic carbocycles. The van der Waals surface area contributed by atoms with Gasteiger partial charge in [0.2, 0.25) is 0 Å². The lowest BCUT2D eigenvalue weighted by Gasteiger charge is -2.22. The number of carbonyl (C=O) groups is 2. The lowest BCUT2D eigenvalue weighted by atomic mass is 9.92. The van der Waals surface area contributed by atoms with Gasteiger partial charge in [0, 0.05) is 57.6 Å². The largest absolute Gasteiger partial charge is 0.416 e. The Morgan fingerprint density at radius 2 is 1.76 bits per heavy atom. The van der Waals surface area contributed by atoms with Gasteiger partial charge in [0.05, 0.1) is 22.7 Å². The highest BCUT2D eigenvalue weighted by atomic mass is 35.5. The third kappa shape index (κ3) is 5.18. The molecule has 216 valence electrons. The number of pyridine rings is 1. The van der Waals surface area contributed by atoms with Crippen molar-refractivity contribution in [2.24, 2.45) is 0 Å². The van der Waals surface area contributed by atoms with Gasteiger partial charge >= 0.3 is 6.18 Å². The molecule has 12 heteroatoms. The Bertz CT molecular complexity index is 1750. The highest BCUT2D eigenvalue weighted by molar-refractivity contribution is 6.31. The van der Waals surface area contributed by atoms with Gasteiger partial charge in [-0.05, 0) is 61.4 Å². The molecule has 42 heavy (non-hydrogen) atoms. The molecule has 2 N–H and O–H groups in total. The topological polar surface area (TPSA) is 80.3 Å². The van der Waals surface area contributed by atoms with E-state index in [1.165, 1.54) is 12.1 Å². The van der Waals surface area contributed by atoms with Gasteiger partial charge in [-0.2, -0.15) is 13.2 Å². The molecule has 4 aromatic rings. The Labute approximate surface area is 240 Å². The van der Waals surface area contributed by atoms with Crippen LogP contribution in [-0.2, 0) is 10.9 Å². The third-order valence-corrected chi connectivity index (χ3v) is 7.84. The number of aromatic nitrogens is 1. The maximum Gasteiger partial charge on any atom is 0.416 e. The summed E-state index contributed by atoms with van der Waals surface area (Å²) in [6.07, 6.45) is -3.40. The molecule has 0 bridgehead atoms. The predicted octanol–water partition coefficient (Wildman–Crippen LogP) is 7.16. The van der Waals surface area contributed by atoms with Crippen LogP contribution in [0.1, 0.15) is 67.9 Å². The van der Waals surface area contributed by atoms with E-state index in [4.69, 9.17) is 21.3 Å². The van der Waals surface area contributed by atoms with Crippen molar-refractivity contribution in [3.8, 4) is 0 Å². The summed E-state index contributed by atoms with van der Waals surface area (Å²) in [5, 5.41) is 5.91. The lowest BCUT2D eigenvalue weighted by Crippen LogP contribution is -2.21. The van der Waals surface area contributed by atoms with E-state index in [1.807, 2.05) is 6.07 Å². The zero-order chi connectivity index (χ0) is 29.8. The average Bonchev–Trinajstić information content (AvgIpc) is 3.31. The predicted molar refractivity (Wildman–Crippen MR) is 145 cm³/mol. The molecule has 0 radical (unpaired) electrons. The van der Waals surface area contributed by atoms with Crippen LogP contribution < -0.4 is 10.6 Å². The number of ether oxygens (including phenoxy) is 1. The molecule has 6 nitrogen and oxygen atoms in total. The number of benzene rings is 3. The Hall–Kier alpha value is -4.09. The van der Waals surface area contributed by atoms with Crippen LogP contribution >= 0.6 is 11.6 Å². The van der Waals surface area contributed by atoms with Crippen LogP contribution in [0.3, 0.4) is 0 Å². The normalized spacial score (nSPS) is 17.3. The fourth-order valence-corrected chi connectivity index (χ4v) is 5.72. The fourth-order valence-electron chi connectivity index (χ4n) is 5.50. The van der Waals surface area contributed by atoms with Crippen LogP contribution in [0.25, 0.3) is 10.9 Å². The summed E-state index contributed by atoms with van der Waals surface area (Å²) >= 11 is 6.37. The minimum Gasteiger partial charge on any atom is -0.381 e. The van der Waals surface area contributed by atoms with Crippen LogP contribution in [0.15, 0.2) is 54.6 Å². The van der Waals surface area contributed by atoms with Crippen molar-refractivity contribution in [2.75, 3.05) is 18.5 Å². The molecule has 1 unspecified atom stereocenters. The first-order chi connectivity index (χ1) is 20.0. The summed E-state index contributed by atoms with van der Waals surface area (Å²) in [4.78, 5) is 31.4. The number of rotatable bonds is 4. The zero-order valence-corrected chi connectivity index (χ0v) is 22.4. The number of alkyl halides is 3. The van der Waals surface area contributed by atoms with Crippen LogP contribution in [0.2, 0.25) is 5.02 Å². The Morgan fingerprint density at radius 1 is 1.00 bits per heavy atom. The molecule has 1 atom stereocenters. The van der Waals surface area contributed by atoms with Crippen molar-refractivity contribution in [3.63, 3.8) is 0 Å². The van der Waals surface area contributed by atoms with Crippen LogP contribution in [-0.4, -0.2) is 30.0 Å². The van der Waals surface area contributed by atoms with Gasteiger partial charge < -0.3 is 15.4 Å². The maximum atomic E-state index is 14.3. The fraction of sp³-hybridized carbons (Fsp3) is 0.233. The Balaban J connectivity index is 1.51. The van der Waals surface area contributed by atoms with Crippen molar-refractivity contribution in [1.29, 1.82) is 0 Å². The van der Waals surface area contributed by atoms with Gasteiger partial charge in [-0.3, -0.25) is 14.6 Å². The summed E-state index contributed by atoms with van der Waals surface area (Å²) in [6.45, 7) is 1.14. The second-order valence-electron chi connectivity index (χ2n) is 10.2. The Kier molecular flexibility index (Phi) is 7.10. The summed E-state index contributed by atoms with van der Waals surface area (Å²) < 4.78 is 73.8. The smallest absolute Gasteiger partial charge is 0.381 e. The molecule has 1 aromatic heterocycles. The van der Waals surface area contributed by atoms with E-state index >= 15 is 0 Å². The van der Waals surface area contributed by atoms with Gasteiger partial charge in [0.15, 0.2) is 0 Å². The minimum atomic E-state index is -4.89. The Morgan fingerprint density at radius 3 is 2.50 bits per heavy atom. The van der Waals surface area contributed by atoms with Crippen molar-refractivity contribution >= 4 is 40.0 Å². The molecule has 2 amide bonds. The van der Waals surface area contributed by atoms with E-state index in [-0.39, 0.29) is 39.4 Å². The van der Waals surface area contributed by atoms with Gasteiger partial charge in [-0.15, -0.1) is 0 Å². The van der Waals surface area contributed by atoms with Crippen molar-refractivity contribution in [2.45, 2.75) is 31.0 Å². The zero-order valence-electron chi connectivity index (χ0n) is 21.6. The SMILES string of the molecule is O=C(Nc1cc2nc(C3CCOCC3)ccc2c2c1C(c1cc(F)ccc1Cl)NC2=O)c1cc(F)cc(C(F)(F)F)c1. The molecular formula is C30H21ClF5N3O3. The number of hydrogen-bond acceptors (Lipinski definition) is 4. The number of carbonyl (C=O) groups excluding carboxylic acids is 2. The highest BCUT2D eigenvalue weighted by Gasteiger charge is 2.37. The molecule has 3 heterocycles. The second kappa shape index (κ2) is 10.6. The second-order valence-corrected chi connectivity index (χ2v) is 10.6. The highest BCUT2D eigenvalue weighted by Crippen LogP contribution is 2.43. The van der Waals surface area contributed by atoms with Gasteiger partial charge in [-0.25, -0.2) is 8.78 Å². The summed E-state index contributed by atoms with van der Waals surface area (Å²) in [6, 6.07) is 9.17. The molecular weight excluding hydrogens is 581 g/mol. The maximum absolute atomic E-state index is 14.3. The first kappa shape index (κ1) is 28.0. The standard InChI is InChI=1S/C30H21ClF5N3O3/c31-21-3-1-17(32)12-20(21)27-26-24(38-28(40)15-9-16(30(34,35)36)11-18(33)10-15)13-23-19(25(26)29(41)39-27)2-4-22(37-23)14-5-7-42-8-6-14/h1-4,9-14,27H,5-8H2,(H,38,40)(H,39,41). The monoisotopic (exact) mass is 601 g/mol. The number of hydrogen-bond donors (Lipinski definition) is 2. The summed E-state index contributed by atoms with van der Waals surface area (Å²) in [5.41, 5.74) is -0.208. The van der Waals surface area contributed by atoms with Crippen LogP contribution in [0.5, 0.6) is 0 Å². The first-order valence-corrected chi connectivity index (χ1v) is 13.4. The first-order valence-electron chi connectivity index (χ1n) is 13.0. The summed E-state index contributed by atoms with van der Waals surface area (Å²) in [7, 11) is 0. The quantitative estimate of drug-likeness (QED) is 0.243. The van der Waals surface area contributed by atoms with Gasteiger partial charge in [0.1, 0.15) is 11.6 Å². The van der Waals surface area contributed by atoms with Gasteiger partial charge in [-0.1, -0.05) is 17.7 Å².